The van der Waals surface area contributed by atoms with E-state index < -0.39 is 0 Å². The third-order valence-corrected chi connectivity index (χ3v) is 4.41. The van der Waals surface area contributed by atoms with Gasteiger partial charge in [-0.25, -0.2) is 9.37 Å². The van der Waals surface area contributed by atoms with Crippen LogP contribution >= 0.6 is 11.3 Å². The molecule has 0 amide bonds. The first kappa shape index (κ1) is 17.5. The van der Waals surface area contributed by atoms with Gasteiger partial charge in [0, 0.05) is 22.8 Å². The van der Waals surface area contributed by atoms with E-state index in [0.29, 0.717) is 27.7 Å². The number of halogens is 1. The fourth-order valence-electron chi connectivity index (χ4n) is 2.24. The van der Waals surface area contributed by atoms with Gasteiger partial charge in [0.15, 0.2) is 11.5 Å². The number of hydrogen-bond donors (Lipinski definition) is 2. The van der Waals surface area contributed by atoms with Crippen LogP contribution in [-0.4, -0.2) is 17.2 Å². The first-order valence-corrected chi connectivity index (χ1v) is 8.44. The predicted octanol–water partition coefficient (Wildman–Crippen LogP) is 4.64. The molecule has 0 unspecified atom stereocenters. The zero-order valence-corrected chi connectivity index (χ0v) is 14.5. The Kier molecular flexibility index (Phi) is 5.15. The molecule has 0 bridgehead atoms. The number of methoxy groups -OCH3 is 1. The molecule has 0 spiro atoms. The molecule has 0 aliphatic carbocycles. The zero-order chi connectivity index (χ0) is 18.5. The number of nitrogens with one attached hydrogen (secondary N) is 1. The van der Waals surface area contributed by atoms with E-state index in [1.807, 2.05) is 5.38 Å². The number of phenols is 1. The quantitative estimate of drug-likeness (QED) is 0.642. The molecular weight excluding hydrogens is 353 g/mol. The van der Waals surface area contributed by atoms with Gasteiger partial charge >= 0.3 is 0 Å². The van der Waals surface area contributed by atoms with Gasteiger partial charge in [0.05, 0.1) is 12.8 Å². The van der Waals surface area contributed by atoms with Gasteiger partial charge in [-0.2, -0.15) is 5.26 Å². The summed E-state index contributed by atoms with van der Waals surface area (Å²) in [6.07, 6.45) is 1.49. The summed E-state index contributed by atoms with van der Waals surface area (Å²) in [4.78, 5) is 4.46. The maximum absolute atomic E-state index is 13.2. The molecule has 2 N–H and O–H groups in total. The predicted molar refractivity (Wildman–Crippen MR) is 99.4 cm³/mol. The van der Waals surface area contributed by atoms with Crippen molar-refractivity contribution in [3.8, 4) is 28.8 Å². The number of aromatic hydroxyl groups is 1. The summed E-state index contributed by atoms with van der Waals surface area (Å²) in [5, 5.41) is 24.3. The lowest BCUT2D eigenvalue weighted by atomic mass is 10.1. The molecule has 0 saturated heterocycles. The van der Waals surface area contributed by atoms with Gasteiger partial charge in [0.2, 0.25) is 0 Å². The summed E-state index contributed by atoms with van der Waals surface area (Å²) in [5.74, 6) is 0.0317. The number of nitriles is 1. The van der Waals surface area contributed by atoms with Gasteiger partial charge in [-0.15, -0.1) is 11.3 Å². The second-order valence-electron chi connectivity index (χ2n) is 5.25. The van der Waals surface area contributed by atoms with Crippen molar-refractivity contribution in [2.75, 3.05) is 12.4 Å². The highest BCUT2D eigenvalue weighted by Gasteiger charge is 2.11. The number of hydrogen-bond acceptors (Lipinski definition) is 6. The van der Waals surface area contributed by atoms with Crippen molar-refractivity contribution in [3.05, 3.63) is 64.9 Å². The maximum atomic E-state index is 13.2. The number of ether oxygens (including phenoxy) is 1. The Morgan fingerprint density at radius 2 is 2.19 bits per heavy atom. The number of nitrogens with zero attached hydrogens (tertiary/aromatic N) is 2. The van der Waals surface area contributed by atoms with Gasteiger partial charge < -0.3 is 15.2 Å². The second-order valence-corrected chi connectivity index (χ2v) is 6.11. The van der Waals surface area contributed by atoms with E-state index in [9.17, 15) is 14.8 Å². The standard InChI is InChI=1S/C19H14FN3O2S/c1-25-18-7-12(5-6-17(18)24)16-11-26-19(23-16)13(9-21)10-22-15-4-2-3-14(20)8-15/h2-8,10-11,22,24H,1H3/b13-10+. The Labute approximate surface area is 153 Å². The first-order chi connectivity index (χ1) is 12.6. The maximum Gasteiger partial charge on any atom is 0.161 e. The summed E-state index contributed by atoms with van der Waals surface area (Å²) in [5.41, 5.74) is 2.29. The summed E-state index contributed by atoms with van der Waals surface area (Å²) in [7, 11) is 1.47. The fraction of sp³-hybridized carbons (Fsp3) is 0.0526. The topological polar surface area (TPSA) is 78.2 Å². The van der Waals surface area contributed by atoms with Crippen LogP contribution in [0.1, 0.15) is 5.01 Å². The molecule has 7 heteroatoms. The lowest BCUT2D eigenvalue weighted by Gasteiger charge is -2.04. The Hall–Kier alpha value is -3.37. The normalized spacial score (nSPS) is 11.0. The SMILES string of the molecule is COc1cc(-c2csc(/C(C#N)=C/Nc3cccc(F)c3)n2)ccc1O. The van der Waals surface area contributed by atoms with Crippen molar-refractivity contribution in [2.45, 2.75) is 0 Å². The zero-order valence-electron chi connectivity index (χ0n) is 13.7. The monoisotopic (exact) mass is 367 g/mol. The number of anilines is 1. The first-order valence-electron chi connectivity index (χ1n) is 7.56. The molecule has 3 aromatic rings. The lowest BCUT2D eigenvalue weighted by Crippen LogP contribution is -1.91. The number of phenolic OH excluding ortho intramolecular Hbond substituents is 1. The van der Waals surface area contributed by atoms with Gasteiger partial charge in [-0.1, -0.05) is 6.07 Å². The molecule has 0 aliphatic rings. The largest absolute Gasteiger partial charge is 0.504 e. The van der Waals surface area contributed by atoms with Crippen molar-refractivity contribution < 1.29 is 14.2 Å². The van der Waals surface area contributed by atoms with Crippen molar-refractivity contribution >= 4 is 22.6 Å². The minimum atomic E-state index is -0.361. The van der Waals surface area contributed by atoms with E-state index in [-0.39, 0.29) is 11.6 Å². The molecule has 0 fully saturated rings. The summed E-state index contributed by atoms with van der Waals surface area (Å²) in [6.45, 7) is 0. The van der Waals surface area contributed by atoms with E-state index in [4.69, 9.17) is 4.74 Å². The lowest BCUT2D eigenvalue weighted by molar-refractivity contribution is 0.373. The van der Waals surface area contributed by atoms with Gasteiger partial charge in [-0.05, 0) is 36.4 Å². The number of rotatable bonds is 5. The Morgan fingerprint density at radius 3 is 2.92 bits per heavy atom. The fourth-order valence-corrected chi connectivity index (χ4v) is 3.04. The van der Waals surface area contributed by atoms with Gasteiger partial charge in [0.1, 0.15) is 22.5 Å². The minimum absolute atomic E-state index is 0.0450. The molecule has 0 radical (unpaired) electrons. The van der Waals surface area contributed by atoms with Crippen molar-refractivity contribution in [2.24, 2.45) is 0 Å². The van der Waals surface area contributed by atoms with Crippen LogP contribution in [0.3, 0.4) is 0 Å². The molecule has 5 nitrogen and oxygen atoms in total. The molecule has 1 aromatic heterocycles. The number of aromatic nitrogens is 1. The average Bonchev–Trinajstić information content (AvgIpc) is 3.13. The third-order valence-electron chi connectivity index (χ3n) is 3.54. The highest BCUT2D eigenvalue weighted by atomic mass is 32.1. The van der Waals surface area contributed by atoms with Gasteiger partial charge in [0.25, 0.3) is 0 Å². The summed E-state index contributed by atoms with van der Waals surface area (Å²) in [6, 6.07) is 13.0. The van der Waals surface area contributed by atoms with Crippen LogP contribution in [0.15, 0.2) is 54.0 Å². The summed E-state index contributed by atoms with van der Waals surface area (Å²) >= 11 is 1.31. The Bertz CT molecular complexity index is 1010. The Balaban J connectivity index is 1.85. The second kappa shape index (κ2) is 7.68. The van der Waals surface area contributed by atoms with Crippen LogP contribution in [-0.2, 0) is 0 Å². The van der Waals surface area contributed by atoms with E-state index in [2.05, 4.69) is 16.4 Å². The van der Waals surface area contributed by atoms with E-state index in [0.717, 1.165) is 5.56 Å². The average molecular weight is 367 g/mol. The molecule has 0 atom stereocenters. The molecule has 2 aromatic carbocycles. The molecule has 0 aliphatic heterocycles. The van der Waals surface area contributed by atoms with E-state index >= 15 is 0 Å². The molecule has 1 heterocycles. The van der Waals surface area contributed by atoms with Crippen molar-refractivity contribution in [1.29, 1.82) is 5.26 Å². The molecule has 3 rings (SSSR count). The van der Waals surface area contributed by atoms with Crippen LogP contribution in [0.25, 0.3) is 16.8 Å². The van der Waals surface area contributed by atoms with Crippen LogP contribution in [0.4, 0.5) is 10.1 Å². The molecule has 130 valence electrons. The van der Waals surface area contributed by atoms with Crippen LogP contribution in [0, 0.1) is 17.1 Å². The van der Waals surface area contributed by atoms with Crippen molar-refractivity contribution in [3.63, 3.8) is 0 Å². The Morgan fingerprint density at radius 1 is 1.35 bits per heavy atom. The van der Waals surface area contributed by atoms with Crippen molar-refractivity contribution in [1.82, 2.24) is 4.98 Å². The van der Waals surface area contributed by atoms with E-state index in [1.165, 1.54) is 42.8 Å². The number of benzene rings is 2. The van der Waals surface area contributed by atoms with Crippen LogP contribution in [0.5, 0.6) is 11.5 Å². The van der Waals surface area contributed by atoms with Gasteiger partial charge in [-0.3, -0.25) is 0 Å². The highest BCUT2D eigenvalue weighted by Crippen LogP contribution is 2.33. The van der Waals surface area contributed by atoms with Crippen LogP contribution in [0.2, 0.25) is 0 Å². The molecular formula is C19H14FN3O2S. The number of allylic oxidation sites excluding steroid dienone is 1. The third kappa shape index (κ3) is 3.82. The highest BCUT2D eigenvalue weighted by molar-refractivity contribution is 7.11. The minimum Gasteiger partial charge on any atom is -0.504 e. The van der Waals surface area contributed by atoms with E-state index in [1.54, 1.807) is 24.3 Å². The van der Waals surface area contributed by atoms with Crippen LogP contribution < -0.4 is 10.1 Å². The molecule has 0 saturated carbocycles. The smallest absolute Gasteiger partial charge is 0.161 e. The number of thiazole rings is 1. The molecule has 26 heavy (non-hydrogen) atoms. The summed E-state index contributed by atoms with van der Waals surface area (Å²) < 4.78 is 18.3.